The number of nitrogens with two attached hydrogens (primary N) is 1. The number of hydrogen-bond acceptors (Lipinski definition) is 3. The van der Waals surface area contributed by atoms with Crippen LogP contribution in [0.4, 0.5) is 5.69 Å². The van der Waals surface area contributed by atoms with Crippen LogP contribution in [0.15, 0.2) is 77.2 Å². The topological polar surface area (TPSA) is 52.0 Å². The summed E-state index contributed by atoms with van der Waals surface area (Å²) in [7, 11) is 0. The minimum atomic E-state index is 0.644. The van der Waals surface area contributed by atoms with E-state index in [9.17, 15) is 0 Å². The fourth-order valence-electron chi connectivity index (χ4n) is 2.48. The van der Waals surface area contributed by atoms with E-state index in [1.807, 2.05) is 72.8 Å². The van der Waals surface area contributed by atoms with Gasteiger partial charge in [0.25, 0.3) is 0 Å². The van der Waals surface area contributed by atoms with Crippen molar-refractivity contribution < 1.29 is 4.42 Å². The summed E-state index contributed by atoms with van der Waals surface area (Å²) in [4.78, 5) is 4.55. The van der Waals surface area contributed by atoms with Crippen LogP contribution in [0.5, 0.6) is 0 Å². The zero-order chi connectivity index (χ0) is 14.9. The number of benzene rings is 3. The molecule has 0 bridgehead atoms. The maximum atomic E-state index is 5.90. The Bertz CT molecular complexity index is 925. The number of fused-ring (bicyclic) bond motifs is 1. The lowest BCUT2D eigenvalue weighted by Crippen LogP contribution is -1.83. The molecule has 0 unspecified atom stereocenters. The van der Waals surface area contributed by atoms with Gasteiger partial charge >= 0.3 is 0 Å². The van der Waals surface area contributed by atoms with Crippen LogP contribution in [0.25, 0.3) is 33.7 Å². The Balaban J connectivity index is 1.80. The molecule has 0 atom stereocenters. The van der Waals surface area contributed by atoms with Gasteiger partial charge in [0, 0.05) is 11.3 Å². The summed E-state index contributed by atoms with van der Waals surface area (Å²) in [5, 5.41) is 0. The van der Waals surface area contributed by atoms with E-state index in [0.29, 0.717) is 5.89 Å². The predicted octanol–water partition coefficient (Wildman–Crippen LogP) is 4.74. The Hall–Kier alpha value is -3.07. The molecule has 0 aliphatic heterocycles. The van der Waals surface area contributed by atoms with Gasteiger partial charge in [0.1, 0.15) is 5.52 Å². The summed E-state index contributed by atoms with van der Waals surface area (Å²) in [5.41, 5.74) is 11.3. The summed E-state index contributed by atoms with van der Waals surface area (Å²) in [5.74, 6) is 0.644. The summed E-state index contributed by atoms with van der Waals surface area (Å²) in [6.45, 7) is 0. The Morgan fingerprint density at radius 1 is 0.727 bits per heavy atom. The van der Waals surface area contributed by atoms with E-state index >= 15 is 0 Å². The van der Waals surface area contributed by atoms with E-state index < -0.39 is 0 Å². The second kappa shape index (κ2) is 5.04. The molecule has 22 heavy (non-hydrogen) atoms. The van der Waals surface area contributed by atoms with Crippen LogP contribution in [0.2, 0.25) is 0 Å². The molecule has 4 rings (SSSR count). The highest BCUT2D eigenvalue weighted by atomic mass is 16.3. The lowest BCUT2D eigenvalue weighted by atomic mass is 10.1. The molecule has 0 saturated carbocycles. The highest BCUT2D eigenvalue weighted by Crippen LogP contribution is 2.28. The normalized spacial score (nSPS) is 10.9. The van der Waals surface area contributed by atoms with Crippen molar-refractivity contribution in [2.24, 2.45) is 0 Å². The van der Waals surface area contributed by atoms with E-state index in [0.717, 1.165) is 33.5 Å². The molecule has 3 nitrogen and oxygen atoms in total. The van der Waals surface area contributed by atoms with Crippen LogP contribution in [-0.2, 0) is 0 Å². The Morgan fingerprint density at radius 2 is 1.45 bits per heavy atom. The zero-order valence-electron chi connectivity index (χ0n) is 11.9. The number of rotatable bonds is 2. The molecule has 0 aliphatic rings. The predicted molar refractivity (Wildman–Crippen MR) is 89.3 cm³/mol. The van der Waals surface area contributed by atoms with Gasteiger partial charge in [-0.15, -0.1) is 0 Å². The Morgan fingerprint density at radius 3 is 2.23 bits per heavy atom. The van der Waals surface area contributed by atoms with Gasteiger partial charge in [-0.2, -0.15) is 0 Å². The van der Waals surface area contributed by atoms with Gasteiger partial charge in [-0.05, 0) is 47.5 Å². The van der Waals surface area contributed by atoms with Crippen molar-refractivity contribution in [2.75, 3.05) is 5.73 Å². The third kappa shape index (κ3) is 2.23. The van der Waals surface area contributed by atoms with Crippen LogP contribution < -0.4 is 5.73 Å². The molecule has 1 aromatic heterocycles. The molecule has 3 aromatic carbocycles. The number of aromatic nitrogens is 1. The number of hydrogen-bond donors (Lipinski definition) is 1. The molecule has 1 heterocycles. The average molecular weight is 286 g/mol. The van der Waals surface area contributed by atoms with E-state index in [-0.39, 0.29) is 0 Å². The summed E-state index contributed by atoms with van der Waals surface area (Å²) >= 11 is 0. The molecule has 4 aromatic rings. The van der Waals surface area contributed by atoms with Crippen molar-refractivity contribution in [3.63, 3.8) is 0 Å². The molecule has 3 heteroatoms. The van der Waals surface area contributed by atoms with E-state index in [4.69, 9.17) is 10.2 Å². The monoisotopic (exact) mass is 286 g/mol. The zero-order valence-corrected chi connectivity index (χ0v) is 11.9. The number of oxazole rings is 1. The minimum Gasteiger partial charge on any atom is -0.436 e. The van der Waals surface area contributed by atoms with Gasteiger partial charge in [0.15, 0.2) is 5.58 Å². The van der Waals surface area contributed by atoms with Crippen LogP contribution in [-0.4, -0.2) is 4.98 Å². The first-order valence-electron chi connectivity index (χ1n) is 7.11. The number of anilines is 1. The van der Waals surface area contributed by atoms with Gasteiger partial charge in [-0.3, -0.25) is 0 Å². The van der Waals surface area contributed by atoms with Crippen molar-refractivity contribution in [3.8, 4) is 22.6 Å². The van der Waals surface area contributed by atoms with Crippen LogP contribution >= 0.6 is 0 Å². The Labute approximate surface area is 128 Å². The Kier molecular flexibility index (Phi) is 2.90. The molecular weight excluding hydrogens is 272 g/mol. The SMILES string of the molecule is Nc1ccc(-c2ccc3nc(-c4ccccc4)oc3c2)cc1. The van der Waals surface area contributed by atoms with Crippen LogP contribution in [0.3, 0.4) is 0 Å². The first-order chi connectivity index (χ1) is 10.8. The second-order valence-electron chi connectivity index (χ2n) is 5.19. The molecule has 0 aliphatic carbocycles. The summed E-state index contributed by atoms with van der Waals surface area (Å²) in [6, 6.07) is 23.8. The van der Waals surface area contributed by atoms with Crippen LogP contribution in [0, 0.1) is 0 Å². The lowest BCUT2D eigenvalue weighted by molar-refractivity contribution is 0.620. The lowest BCUT2D eigenvalue weighted by Gasteiger charge is -2.01. The largest absolute Gasteiger partial charge is 0.436 e. The third-order valence-electron chi connectivity index (χ3n) is 3.65. The number of nitrogen functional groups attached to an aromatic ring is 1. The van der Waals surface area contributed by atoms with Crippen molar-refractivity contribution in [3.05, 3.63) is 72.8 Å². The van der Waals surface area contributed by atoms with Gasteiger partial charge in [0.05, 0.1) is 0 Å². The fourth-order valence-corrected chi connectivity index (χ4v) is 2.48. The molecule has 0 fully saturated rings. The second-order valence-corrected chi connectivity index (χ2v) is 5.19. The molecule has 0 saturated heterocycles. The van der Waals surface area contributed by atoms with Gasteiger partial charge < -0.3 is 10.2 Å². The number of nitrogens with zero attached hydrogens (tertiary/aromatic N) is 1. The summed E-state index contributed by atoms with van der Waals surface area (Å²) in [6.07, 6.45) is 0. The fraction of sp³-hybridized carbons (Fsp3) is 0. The van der Waals surface area contributed by atoms with E-state index in [1.54, 1.807) is 0 Å². The maximum absolute atomic E-state index is 5.90. The third-order valence-corrected chi connectivity index (χ3v) is 3.65. The molecule has 0 amide bonds. The molecule has 2 N–H and O–H groups in total. The van der Waals surface area contributed by atoms with Gasteiger partial charge in [0.2, 0.25) is 5.89 Å². The van der Waals surface area contributed by atoms with Gasteiger partial charge in [-0.25, -0.2) is 4.98 Å². The van der Waals surface area contributed by atoms with Crippen molar-refractivity contribution in [1.82, 2.24) is 4.98 Å². The standard InChI is InChI=1S/C19H14N2O/c20-16-9-6-13(7-10-16)15-8-11-17-18(12-15)22-19(21-17)14-4-2-1-3-5-14/h1-12H,20H2. The quantitative estimate of drug-likeness (QED) is 0.541. The molecule has 0 spiro atoms. The summed E-state index contributed by atoms with van der Waals surface area (Å²) < 4.78 is 5.90. The van der Waals surface area contributed by atoms with E-state index in [2.05, 4.69) is 4.98 Å². The first-order valence-corrected chi connectivity index (χ1v) is 7.11. The average Bonchev–Trinajstić information content (AvgIpc) is 2.99. The maximum Gasteiger partial charge on any atom is 0.227 e. The van der Waals surface area contributed by atoms with Gasteiger partial charge in [-0.1, -0.05) is 36.4 Å². The highest BCUT2D eigenvalue weighted by Gasteiger charge is 2.09. The smallest absolute Gasteiger partial charge is 0.227 e. The van der Waals surface area contributed by atoms with E-state index in [1.165, 1.54) is 0 Å². The van der Waals surface area contributed by atoms with Crippen molar-refractivity contribution >= 4 is 16.8 Å². The minimum absolute atomic E-state index is 0.644. The molecule has 106 valence electrons. The molecule has 0 radical (unpaired) electrons. The van der Waals surface area contributed by atoms with Crippen molar-refractivity contribution in [1.29, 1.82) is 0 Å². The van der Waals surface area contributed by atoms with Crippen LogP contribution in [0.1, 0.15) is 0 Å². The van der Waals surface area contributed by atoms with Crippen molar-refractivity contribution in [2.45, 2.75) is 0 Å². The molecular formula is C19H14N2O. The first kappa shape index (κ1) is 12.7. The highest BCUT2D eigenvalue weighted by molar-refractivity contribution is 5.82.